The zero-order chi connectivity index (χ0) is 23.1. The van der Waals surface area contributed by atoms with Crippen LogP contribution in [0, 0.1) is 0 Å². The predicted molar refractivity (Wildman–Crippen MR) is 102 cm³/mol. The first kappa shape index (κ1) is 24.2. The molecule has 0 bridgehead atoms. The van der Waals surface area contributed by atoms with Gasteiger partial charge in [0.2, 0.25) is 5.91 Å². The third-order valence-corrected chi connectivity index (χ3v) is 3.94. The van der Waals surface area contributed by atoms with Crippen molar-refractivity contribution in [2.75, 3.05) is 30.9 Å². The molecule has 1 amide bonds. The van der Waals surface area contributed by atoms with Gasteiger partial charge >= 0.3 is 12.4 Å². The van der Waals surface area contributed by atoms with Crippen LogP contribution in [0.1, 0.15) is 12.0 Å². The minimum absolute atomic E-state index is 0.0144. The van der Waals surface area contributed by atoms with Gasteiger partial charge < -0.3 is 20.1 Å². The van der Waals surface area contributed by atoms with Crippen molar-refractivity contribution < 1.29 is 40.6 Å². The van der Waals surface area contributed by atoms with Gasteiger partial charge in [0, 0.05) is 6.42 Å². The Morgan fingerprint density at radius 1 is 0.935 bits per heavy atom. The molecule has 5 nitrogen and oxygen atoms in total. The zero-order valence-electron chi connectivity index (χ0n) is 16.4. The Morgan fingerprint density at radius 3 is 2.23 bits per heavy atom. The molecule has 0 spiro atoms. The number of alkyl halides is 6. The van der Waals surface area contributed by atoms with E-state index in [2.05, 4.69) is 10.6 Å². The number of carbonyl (C=O) groups excluding carboxylic acids is 1. The first-order valence-corrected chi connectivity index (χ1v) is 9.03. The maximum Gasteiger partial charge on any atom is 0.422 e. The summed E-state index contributed by atoms with van der Waals surface area (Å²) in [6.07, 6.45) is -8.70. The summed E-state index contributed by atoms with van der Waals surface area (Å²) in [6, 6.07) is 10.2. The Kier molecular flexibility index (Phi) is 8.01. The smallest absolute Gasteiger partial charge is 0.422 e. The molecule has 31 heavy (non-hydrogen) atoms. The molecule has 2 N–H and O–H groups in total. The van der Waals surface area contributed by atoms with E-state index in [9.17, 15) is 31.1 Å². The van der Waals surface area contributed by atoms with Gasteiger partial charge in [-0.15, -0.1) is 0 Å². The molecular weight excluding hydrogens is 430 g/mol. The summed E-state index contributed by atoms with van der Waals surface area (Å²) in [7, 11) is 1.27. The van der Waals surface area contributed by atoms with Crippen molar-refractivity contribution in [1.82, 2.24) is 0 Å². The van der Waals surface area contributed by atoms with Crippen molar-refractivity contribution in [3.05, 3.63) is 48.0 Å². The first-order chi connectivity index (χ1) is 14.5. The number of nitrogens with one attached hydrogen (secondary N) is 2. The quantitative estimate of drug-likeness (QED) is 0.517. The Labute approximate surface area is 174 Å². The number of para-hydroxylation sites is 2. The van der Waals surface area contributed by atoms with Crippen LogP contribution in [0.3, 0.4) is 0 Å². The molecule has 2 aromatic carbocycles. The van der Waals surface area contributed by atoms with Crippen LogP contribution >= 0.6 is 0 Å². The number of benzene rings is 2. The molecule has 0 aromatic heterocycles. The molecular formula is C20H20F6N2O3. The molecule has 0 radical (unpaired) electrons. The van der Waals surface area contributed by atoms with Crippen LogP contribution in [0.15, 0.2) is 42.5 Å². The summed E-state index contributed by atoms with van der Waals surface area (Å²) in [5.41, 5.74) is 0.932. The number of hydrogen-bond acceptors (Lipinski definition) is 4. The van der Waals surface area contributed by atoms with Crippen LogP contribution in [-0.2, 0) is 11.2 Å². The van der Waals surface area contributed by atoms with Gasteiger partial charge in [-0.3, -0.25) is 4.79 Å². The van der Waals surface area contributed by atoms with Gasteiger partial charge in [-0.2, -0.15) is 26.3 Å². The number of ether oxygens (including phenoxy) is 2. The summed E-state index contributed by atoms with van der Waals surface area (Å²) in [4.78, 5) is 12.2. The van der Waals surface area contributed by atoms with Gasteiger partial charge in [0.1, 0.15) is 6.54 Å². The fourth-order valence-corrected chi connectivity index (χ4v) is 2.56. The molecule has 0 fully saturated rings. The number of aryl methyl sites for hydroxylation is 1. The molecule has 11 heteroatoms. The molecule has 0 saturated carbocycles. The summed E-state index contributed by atoms with van der Waals surface area (Å²) < 4.78 is 83.9. The number of methoxy groups -OCH3 is 1. The number of anilines is 2. The van der Waals surface area contributed by atoms with Gasteiger partial charge in [-0.25, -0.2) is 0 Å². The van der Waals surface area contributed by atoms with Crippen molar-refractivity contribution in [1.29, 1.82) is 0 Å². The monoisotopic (exact) mass is 450 g/mol. The standard InChI is InChI=1S/C20H20F6N2O3/c1-30-17-10-13(6-8-16(17)31-12-20(24,25)26)7-9-18(29)28-15-5-3-2-4-14(15)27-11-19(21,22)23/h2-6,8,10,27H,7,9,11-12H2,1H3,(H,28,29). The average Bonchev–Trinajstić information content (AvgIpc) is 2.69. The van der Waals surface area contributed by atoms with Gasteiger partial charge in [-0.1, -0.05) is 18.2 Å². The minimum atomic E-state index is -4.49. The Bertz CT molecular complexity index is 884. The van der Waals surface area contributed by atoms with E-state index in [1.807, 2.05) is 0 Å². The Morgan fingerprint density at radius 2 is 1.61 bits per heavy atom. The highest BCUT2D eigenvalue weighted by Gasteiger charge is 2.29. The molecule has 0 heterocycles. The predicted octanol–water partition coefficient (Wildman–Crippen LogP) is 5.18. The van der Waals surface area contributed by atoms with Gasteiger partial charge in [0.25, 0.3) is 0 Å². The zero-order valence-corrected chi connectivity index (χ0v) is 16.4. The van der Waals surface area contributed by atoms with E-state index < -0.39 is 31.4 Å². The second-order valence-corrected chi connectivity index (χ2v) is 6.45. The molecule has 0 aliphatic heterocycles. The highest BCUT2D eigenvalue weighted by molar-refractivity contribution is 5.94. The van der Waals surface area contributed by atoms with Crippen molar-refractivity contribution in [2.45, 2.75) is 25.2 Å². The number of hydrogen-bond donors (Lipinski definition) is 2. The van der Waals surface area contributed by atoms with Crippen molar-refractivity contribution in [2.24, 2.45) is 0 Å². The van der Waals surface area contributed by atoms with E-state index in [0.29, 0.717) is 5.56 Å². The largest absolute Gasteiger partial charge is 0.493 e. The van der Waals surface area contributed by atoms with E-state index in [0.717, 1.165) is 0 Å². The molecule has 0 aliphatic rings. The summed E-state index contributed by atoms with van der Waals surface area (Å²) >= 11 is 0. The van der Waals surface area contributed by atoms with Crippen LogP contribution in [0.25, 0.3) is 0 Å². The normalized spacial score (nSPS) is 11.7. The number of rotatable bonds is 9. The number of amides is 1. The van der Waals surface area contributed by atoms with Crippen molar-refractivity contribution in [3.63, 3.8) is 0 Å². The second kappa shape index (κ2) is 10.3. The van der Waals surface area contributed by atoms with Crippen molar-refractivity contribution in [3.8, 4) is 11.5 Å². The van der Waals surface area contributed by atoms with Crippen molar-refractivity contribution >= 4 is 17.3 Å². The Balaban J connectivity index is 1.96. The van der Waals surface area contributed by atoms with E-state index >= 15 is 0 Å². The maximum absolute atomic E-state index is 12.4. The fourth-order valence-electron chi connectivity index (χ4n) is 2.56. The number of carbonyl (C=O) groups is 1. The Hall–Kier alpha value is -3.11. The SMILES string of the molecule is COc1cc(CCC(=O)Nc2ccccc2NCC(F)(F)F)ccc1OCC(F)(F)F. The highest BCUT2D eigenvalue weighted by atomic mass is 19.4. The fraction of sp³-hybridized carbons (Fsp3) is 0.350. The number of halogens is 6. The summed E-state index contributed by atoms with van der Waals surface area (Å²) in [5.74, 6) is -0.445. The second-order valence-electron chi connectivity index (χ2n) is 6.45. The lowest BCUT2D eigenvalue weighted by Crippen LogP contribution is -2.22. The average molecular weight is 450 g/mol. The van der Waals surface area contributed by atoms with Crippen LogP contribution in [0.5, 0.6) is 11.5 Å². The molecule has 2 rings (SSSR count). The van der Waals surface area contributed by atoms with Crippen LogP contribution < -0.4 is 20.1 Å². The van der Waals surface area contributed by atoms with E-state index in [-0.39, 0.29) is 35.7 Å². The van der Waals surface area contributed by atoms with Gasteiger partial charge in [-0.05, 0) is 36.2 Å². The lowest BCUT2D eigenvalue weighted by molar-refractivity contribution is -0.153. The third-order valence-electron chi connectivity index (χ3n) is 3.94. The minimum Gasteiger partial charge on any atom is -0.493 e. The van der Waals surface area contributed by atoms with E-state index in [1.54, 1.807) is 6.07 Å². The molecule has 170 valence electrons. The van der Waals surface area contributed by atoms with E-state index in [4.69, 9.17) is 9.47 Å². The molecule has 0 saturated heterocycles. The molecule has 0 aliphatic carbocycles. The molecule has 0 unspecified atom stereocenters. The summed E-state index contributed by atoms with van der Waals surface area (Å²) in [6.45, 7) is -2.71. The topological polar surface area (TPSA) is 59.6 Å². The highest BCUT2D eigenvalue weighted by Crippen LogP contribution is 2.30. The lowest BCUT2D eigenvalue weighted by atomic mass is 10.1. The third kappa shape index (κ3) is 8.65. The van der Waals surface area contributed by atoms with Crippen LogP contribution in [0.4, 0.5) is 37.7 Å². The van der Waals surface area contributed by atoms with Crippen LogP contribution in [0.2, 0.25) is 0 Å². The van der Waals surface area contributed by atoms with Crippen LogP contribution in [-0.4, -0.2) is 38.5 Å². The lowest BCUT2D eigenvalue weighted by Gasteiger charge is -2.15. The first-order valence-electron chi connectivity index (χ1n) is 9.03. The molecule has 0 atom stereocenters. The molecule has 2 aromatic rings. The van der Waals surface area contributed by atoms with Gasteiger partial charge in [0.15, 0.2) is 18.1 Å². The van der Waals surface area contributed by atoms with E-state index in [1.165, 1.54) is 43.5 Å². The van der Waals surface area contributed by atoms with Gasteiger partial charge in [0.05, 0.1) is 18.5 Å². The maximum atomic E-state index is 12.4. The summed E-state index contributed by atoms with van der Waals surface area (Å²) in [5, 5.41) is 4.77.